The van der Waals surface area contributed by atoms with Crippen LogP contribution in [0.1, 0.15) is 45.7 Å². The van der Waals surface area contributed by atoms with Gasteiger partial charge in [0.05, 0.1) is 23.8 Å². The molecule has 1 amide bonds. The van der Waals surface area contributed by atoms with Crippen LogP contribution in [0, 0.1) is 6.92 Å². The number of nitrogens with zero attached hydrogens (tertiary/aromatic N) is 3. The van der Waals surface area contributed by atoms with Crippen LogP contribution in [0.3, 0.4) is 0 Å². The van der Waals surface area contributed by atoms with Crippen LogP contribution in [0.2, 0.25) is 0 Å². The van der Waals surface area contributed by atoms with E-state index in [1.165, 1.54) is 12.1 Å². The first-order valence-corrected chi connectivity index (χ1v) is 11.4. The Morgan fingerprint density at radius 1 is 0.946 bits per heavy atom. The highest BCUT2D eigenvalue weighted by atomic mass is 19.4. The Labute approximate surface area is 209 Å². The van der Waals surface area contributed by atoms with Crippen molar-refractivity contribution in [2.24, 2.45) is 0 Å². The van der Waals surface area contributed by atoms with Gasteiger partial charge in [0, 0.05) is 0 Å². The first-order valence-electron chi connectivity index (χ1n) is 11.4. The van der Waals surface area contributed by atoms with Gasteiger partial charge in [-0.2, -0.15) is 23.0 Å². The van der Waals surface area contributed by atoms with Crippen molar-refractivity contribution in [3.8, 4) is 5.69 Å². The van der Waals surface area contributed by atoms with Gasteiger partial charge in [-0.15, -0.1) is 0 Å². The van der Waals surface area contributed by atoms with E-state index >= 15 is 0 Å². The number of benzene rings is 3. The number of aromatic nitrogens is 3. The minimum atomic E-state index is -4.52. The Kier molecular flexibility index (Phi) is 7.10. The minimum Gasteiger partial charge on any atom is -0.344 e. The molecule has 3 aromatic carbocycles. The first kappa shape index (κ1) is 25.6. The number of hydrogen-bond acceptors (Lipinski definition) is 4. The second-order valence-electron chi connectivity index (χ2n) is 8.57. The number of aryl methyl sites for hydroxylation is 1. The van der Waals surface area contributed by atoms with E-state index in [1.807, 2.05) is 37.3 Å². The summed E-state index contributed by atoms with van der Waals surface area (Å²) in [4.78, 5) is 39.7. The van der Waals surface area contributed by atoms with E-state index < -0.39 is 40.6 Å². The predicted molar refractivity (Wildman–Crippen MR) is 132 cm³/mol. The van der Waals surface area contributed by atoms with E-state index in [4.69, 9.17) is 0 Å². The molecular weight excluding hydrogens is 485 g/mol. The molecule has 0 aliphatic rings. The van der Waals surface area contributed by atoms with Crippen molar-refractivity contribution in [3.05, 3.63) is 128 Å². The zero-order valence-electron chi connectivity index (χ0n) is 20.0. The third-order valence-electron chi connectivity index (χ3n) is 5.82. The van der Waals surface area contributed by atoms with Crippen LogP contribution in [0.4, 0.5) is 13.2 Å². The van der Waals surface area contributed by atoms with Crippen molar-refractivity contribution >= 4 is 5.91 Å². The predicted octanol–water partition coefficient (Wildman–Crippen LogP) is 4.26. The van der Waals surface area contributed by atoms with Gasteiger partial charge in [-0.05, 0) is 49.2 Å². The lowest BCUT2D eigenvalue weighted by molar-refractivity contribution is -0.137. The monoisotopic (exact) mass is 508 g/mol. The number of halogens is 3. The molecule has 190 valence electrons. The molecule has 37 heavy (non-hydrogen) atoms. The molecule has 0 aliphatic carbocycles. The van der Waals surface area contributed by atoms with Gasteiger partial charge >= 0.3 is 11.9 Å². The molecule has 1 N–H and O–H groups in total. The highest BCUT2D eigenvalue weighted by Crippen LogP contribution is 2.29. The zero-order chi connectivity index (χ0) is 26.7. The summed E-state index contributed by atoms with van der Waals surface area (Å²) in [5, 5.41) is 6.80. The Hall–Kier alpha value is -4.47. The Balaban J connectivity index is 1.78. The fraction of sp³-hybridized carbons (Fsp3) is 0.185. The maximum atomic E-state index is 13.3. The third-order valence-corrected chi connectivity index (χ3v) is 5.82. The molecule has 0 bridgehead atoms. The fourth-order valence-corrected chi connectivity index (χ4v) is 3.72. The van der Waals surface area contributed by atoms with Crippen LogP contribution >= 0.6 is 0 Å². The van der Waals surface area contributed by atoms with Gasteiger partial charge in [-0.25, -0.2) is 4.79 Å². The maximum absolute atomic E-state index is 13.3. The summed E-state index contributed by atoms with van der Waals surface area (Å²) in [6, 6.07) is 19.4. The van der Waals surface area contributed by atoms with Crippen LogP contribution in [0.25, 0.3) is 5.69 Å². The van der Waals surface area contributed by atoms with E-state index in [9.17, 15) is 27.6 Å². The number of hydrogen-bond donors (Lipinski definition) is 1. The van der Waals surface area contributed by atoms with Gasteiger partial charge in [0.15, 0.2) is 0 Å². The first-order chi connectivity index (χ1) is 17.5. The van der Waals surface area contributed by atoms with E-state index in [2.05, 4.69) is 10.4 Å². The summed E-state index contributed by atoms with van der Waals surface area (Å²) in [5.74, 6) is -0.789. The molecule has 1 aromatic heterocycles. The third kappa shape index (κ3) is 5.69. The summed E-state index contributed by atoms with van der Waals surface area (Å²) >= 11 is 0. The van der Waals surface area contributed by atoms with Crippen LogP contribution in [-0.2, 0) is 12.7 Å². The summed E-state index contributed by atoms with van der Waals surface area (Å²) in [6.07, 6.45) is -4.52. The van der Waals surface area contributed by atoms with E-state index in [0.717, 1.165) is 32.5 Å². The molecule has 0 fully saturated rings. The van der Waals surface area contributed by atoms with Gasteiger partial charge in [0.25, 0.3) is 11.5 Å². The fourth-order valence-electron chi connectivity index (χ4n) is 3.72. The second kappa shape index (κ2) is 10.3. The summed E-state index contributed by atoms with van der Waals surface area (Å²) in [7, 11) is 0. The van der Waals surface area contributed by atoms with Gasteiger partial charge in [0.1, 0.15) is 0 Å². The lowest BCUT2D eigenvalue weighted by Gasteiger charge is -2.16. The maximum Gasteiger partial charge on any atom is 0.416 e. The summed E-state index contributed by atoms with van der Waals surface area (Å²) < 4.78 is 40.6. The molecule has 0 aliphatic heterocycles. The molecule has 4 aromatic rings. The summed E-state index contributed by atoms with van der Waals surface area (Å²) in [5.41, 5.74) is -0.843. The molecule has 0 saturated heterocycles. The Morgan fingerprint density at radius 2 is 1.57 bits per heavy atom. The van der Waals surface area contributed by atoms with Crippen LogP contribution < -0.4 is 16.6 Å². The van der Waals surface area contributed by atoms with Gasteiger partial charge in [-0.1, -0.05) is 60.2 Å². The molecule has 0 radical (unpaired) electrons. The molecular formula is C27H23F3N4O3. The number of rotatable bonds is 6. The van der Waals surface area contributed by atoms with Gasteiger partial charge < -0.3 is 5.32 Å². The summed E-state index contributed by atoms with van der Waals surface area (Å²) in [6.45, 7) is 3.25. The largest absolute Gasteiger partial charge is 0.416 e. The van der Waals surface area contributed by atoms with E-state index in [0.29, 0.717) is 5.69 Å². The average Bonchev–Trinajstić information content (AvgIpc) is 2.87. The zero-order valence-corrected chi connectivity index (χ0v) is 20.0. The number of nitrogens with one attached hydrogen (secondary N) is 1. The number of amides is 1. The molecule has 10 heteroatoms. The molecule has 0 unspecified atom stereocenters. The van der Waals surface area contributed by atoms with Crippen LogP contribution in [0.5, 0.6) is 0 Å². The topological polar surface area (TPSA) is 86.0 Å². The molecule has 1 atom stereocenters. The lowest BCUT2D eigenvalue weighted by atomic mass is 10.1. The smallest absolute Gasteiger partial charge is 0.344 e. The quantitative estimate of drug-likeness (QED) is 0.422. The van der Waals surface area contributed by atoms with Crippen molar-refractivity contribution in [1.29, 1.82) is 0 Å². The van der Waals surface area contributed by atoms with Crippen molar-refractivity contribution in [1.82, 2.24) is 19.7 Å². The Bertz CT molecular complexity index is 1530. The van der Waals surface area contributed by atoms with Crippen LogP contribution in [-0.4, -0.2) is 20.3 Å². The van der Waals surface area contributed by atoms with Crippen molar-refractivity contribution in [2.45, 2.75) is 32.6 Å². The number of carbonyl (C=O) groups excluding carboxylic acids is 1. The molecule has 4 rings (SSSR count). The highest BCUT2D eigenvalue weighted by Gasteiger charge is 2.30. The van der Waals surface area contributed by atoms with Gasteiger partial charge in [0.2, 0.25) is 5.69 Å². The molecule has 1 heterocycles. The molecule has 0 saturated carbocycles. The average molecular weight is 509 g/mol. The standard InChI is InChI=1S/C27H23F3N4O3/c1-17-8-14-22(15-9-17)34-26(37)33(16-19-10-12-21(13-11-19)27(28,29)30)25(36)23(32-34)24(35)31-18(2)20-6-4-3-5-7-20/h3-15,18H,16H2,1-2H3,(H,31,35)/t18-/m0/s1. The van der Waals surface area contributed by atoms with Crippen molar-refractivity contribution < 1.29 is 18.0 Å². The molecule has 7 nitrogen and oxygen atoms in total. The second-order valence-corrected chi connectivity index (χ2v) is 8.57. The highest BCUT2D eigenvalue weighted by molar-refractivity contribution is 5.92. The normalized spacial score (nSPS) is 12.2. The van der Waals surface area contributed by atoms with Gasteiger partial charge in [-0.3, -0.25) is 14.2 Å². The SMILES string of the molecule is Cc1ccc(-n2nc(C(=O)N[C@@H](C)c3ccccc3)c(=O)n(Cc3ccc(C(F)(F)F)cc3)c2=O)cc1. The van der Waals surface area contributed by atoms with Crippen molar-refractivity contribution in [3.63, 3.8) is 0 Å². The van der Waals surface area contributed by atoms with Crippen molar-refractivity contribution in [2.75, 3.05) is 0 Å². The number of carbonyl (C=O) groups is 1. The molecule has 0 spiro atoms. The van der Waals surface area contributed by atoms with Crippen LogP contribution in [0.15, 0.2) is 88.5 Å². The van der Waals surface area contributed by atoms with E-state index in [-0.39, 0.29) is 12.1 Å². The number of alkyl halides is 3. The lowest BCUT2D eigenvalue weighted by Crippen LogP contribution is -2.46. The van der Waals surface area contributed by atoms with E-state index in [1.54, 1.807) is 31.2 Å². The minimum absolute atomic E-state index is 0.276. The Morgan fingerprint density at radius 3 is 2.16 bits per heavy atom.